The Morgan fingerprint density at radius 2 is 1.81 bits per heavy atom. The Morgan fingerprint density at radius 3 is 2.52 bits per heavy atom. The lowest BCUT2D eigenvalue weighted by Crippen LogP contribution is -2.46. The van der Waals surface area contributed by atoms with Crippen molar-refractivity contribution < 1.29 is 14.3 Å². The SMILES string of the molecule is O=C(NCCN1CCOCC1)C(=O)NCC1CCN(c2ccccn2)CC1. The third kappa shape index (κ3) is 6.18. The van der Waals surface area contributed by atoms with Crippen LogP contribution in [-0.4, -0.2) is 80.7 Å². The van der Waals surface area contributed by atoms with E-state index < -0.39 is 11.8 Å². The summed E-state index contributed by atoms with van der Waals surface area (Å²) in [6.07, 6.45) is 3.77. The molecule has 2 amide bonds. The van der Waals surface area contributed by atoms with Gasteiger partial charge in [0.2, 0.25) is 0 Å². The molecule has 3 heterocycles. The number of rotatable bonds is 6. The van der Waals surface area contributed by atoms with E-state index in [-0.39, 0.29) is 0 Å². The van der Waals surface area contributed by atoms with E-state index in [1.165, 1.54) is 0 Å². The van der Waals surface area contributed by atoms with Crippen LogP contribution in [-0.2, 0) is 14.3 Å². The topological polar surface area (TPSA) is 86.8 Å². The minimum Gasteiger partial charge on any atom is -0.379 e. The van der Waals surface area contributed by atoms with Crippen molar-refractivity contribution in [1.82, 2.24) is 20.5 Å². The van der Waals surface area contributed by atoms with Crippen LogP contribution in [0.15, 0.2) is 24.4 Å². The van der Waals surface area contributed by atoms with Crippen LogP contribution in [0.5, 0.6) is 0 Å². The smallest absolute Gasteiger partial charge is 0.309 e. The summed E-state index contributed by atoms with van der Waals surface area (Å²) in [5.41, 5.74) is 0. The van der Waals surface area contributed by atoms with E-state index in [1.54, 1.807) is 6.20 Å². The molecule has 0 aromatic carbocycles. The average Bonchev–Trinajstić information content (AvgIpc) is 2.73. The molecule has 1 aromatic heterocycles. The van der Waals surface area contributed by atoms with E-state index in [4.69, 9.17) is 4.74 Å². The maximum atomic E-state index is 12.0. The highest BCUT2D eigenvalue weighted by atomic mass is 16.5. The number of aromatic nitrogens is 1. The third-order valence-electron chi connectivity index (χ3n) is 5.16. The molecule has 8 heteroatoms. The van der Waals surface area contributed by atoms with Crippen LogP contribution in [0.3, 0.4) is 0 Å². The Morgan fingerprint density at radius 1 is 1.07 bits per heavy atom. The first-order chi connectivity index (χ1) is 13.2. The highest BCUT2D eigenvalue weighted by Gasteiger charge is 2.22. The maximum absolute atomic E-state index is 12.0. The first kappa shape index (κ1) is 19.6. The van der Waals surface area contributed by atoms with E-state index in [0.717, 1.165) is 64.6 Å². The number of carbonyl (C=O) groups excluding carboxylic acids is 2. The molecule has 1 aromatic rings. The second kappa shape index (κ2) is 10.2. The Bertz CT molecular complexity index is 599. The van der Waals surface area contributed by atoms with E-state index >= 15 is 0 Å². The van der Waals surface area contributed by atoms with Crippen LogP contribution >= 0.6 is 0 Å². The number of pyridine rings is 1. The van der Waals surface area contributed by atoms with Crippen LogP contribution in [0.2, 0.25) is 0 Å². The summed E-state index contributed by atoms with van der Waals surface area (Å²) >= 11 is 0. The van der Waals surface area contributed by atoms with Gasteiger partial charge in [-0.3, -0.25) is 14.5 Å². The Kier molecular flexibility index (Phi) is 7.41. The Hall–Kier alpha value is -2.19. The van der Waals surface area contributed by atoms with Gasteiger partial charge in [-0.1, -0.05) is 6.07 Å². The molecule has 3 rings (SSSR count). The number of carbonyl (C=O) groups is 2. The van der Waals surface area contributed by atoms with Crippen molar-refractivity contribution in [3.8, 4) is 0 Å². The predicted molar refractivity (Wildman–Crippen MR) is 102 cm³/mol. The van der Waals surface area contributed by atoms with Gasteiger partial charge >= 0.3 is 11.8 Å². The van der Waals surface area contributed by atoms with Gasteiger partial charge in [0.15, 0.2) is 0 Å². The van der Waals surface area contributed by atoms with Crippen molar-refractivity contribution in [2.24, 2.45) is 5.92 Å². The van der Waals surface area contributed by atoms with Crippen molar-refractivity contribution in [3.05, 3.63) is 24.4 Å². The van der Waals surface area contributed by atoms with Gasteiger partial charge in [0.1, 0.15) is 5.82 Å². The molecule has 0 radical (unpaired) electrons. The molecule has 8 nitrogen and oxygen atoms in total. The summed E-state index contributed by atoms with van der Waals surface area (Å²) < 4.78 is 5.29. The fourth-order valence-electron chi connectivity index (χ4n) is 3.46. The quantitative estimate of drug-likeness (QED) is 0.674. The van der Waals surface area contributed by atoms with Crippen LogP contribution in [0.1, 0.15) is 12.8 Å². The summed E-state index contributed by atoms with van der Waals surface area (Å²) in [5.74, 6) is 0.313. The van der Waals surface area contributed by atoms with Gasteiger partial charge in [0, 0.05) is 52.0 Å². The zero-order chi connectivity index (χ0) is 18.9. The van der Waals surface area contributed by atoms with Crippen molar-refractivity contribution in [2.45, 2.75) is 12.8 Å². The average molecular weight is 375 g/mol. The molecule has 2 aliphatic rings. The molecule has 0 spiro atoms. The fourth-order valence-corrected chi connectivity index (χ4v) is 3.46. The van der Waals surface area contributed by atoms with E-state index in [9.17, 15) is 9.59 Å². The zero-order valence-corrected chi connectivity index (χ0v) is 15.7. The standard InChI is InChI=1S/C19H29N5O3/c25-18(21-7-10-23-11-13-27-14-12-23)19(26)22-15-16-4-8-24(9-5-16)17-3-1-2-6-20-17/h1-3,6,16H,4-5,7-15H2,(H,21,25)(H,22,26). The number of morpholine rings is 1. The summed E-state index contributed by atoms with van der Waals surface area (Å²) in [7, 11) is 0. The molecule has 27 heavy (non-hydrogen) atoms. The second-order valence-corrected chi connectivity index (χ2v) is 7.04. The van der Waals surface area contributed by atoms with Gasteiger partial charge in [-0.05, 0) is 30.9 Å². The number of ether oxygens (including phenoxy) is 1. The largest absolute Gasteiger partial charge is 0.379 e. The van der Waals surface area contributed by atoms with Crippen LogP contribution in [0, 0.1) is 5.92 Å². The number of anilines is 1. The fraction of sp³-hybridized carbons (Fsp3) is 0.632. The predicted octanol–water partition coefficient (Wildman–Crippen LogP) is -0.137. The van der Waals surface area contributed by atoms with Crippen LogP contribution < -0.4 is 15.5 Å². The van der Waals surface area contributed by atoms with Gasteiger partial charge in [-0.2, -0.15) is 0 Å². The molecular formula is C19H29N5O3. The number of piperidine rings is 1. The van der Waals surface area contributed by atoms with Crippen LogP contribution in [0.25, 0.3) is 0 Å². The molecule has 0 saturated carbocycles. The minimum absolute atomic E-state index is 0.398. The molecule has 2 N–H and O–H groups in total. The molecule has 148 valence electrons. The molecule has 2 saturated heterocycles. The number of nitrogens with one attached hydrogen (secondary N) is 2. The number of hydrogen-bond donors (Lipinski definition) is 2. The van der Waals surface area contributed by atoms with Crippen molar-refractivity contribution >= 4 is 17.6 Å². The molecule has 0 aliphatic carbocycles. The van der Waals surface area contributed by atoms with Crippen molar-refractivity contribution in [2.75, 3.05) is 63.9 Å². The summed E-state index contributed by atoms with van der Waals surface area (Å²) in [4.78, 5) is 32.7. The number of nitrogens with zero attached hydrogens (tertiary/aromatic N) is 3. The van der Waals surface area contributed by atoms with Crippen molar-refractivity contribution in [1.29, 1.82) is 0 Å². The highest BCUT2D eigenvalue weighted by Crippen LogP contribution is 2.20. The monoisotopic (exact) mass is 375 g/mol. The lowest BCUT2D eigenvalue weighted by atomic mass is 9.97. The molecular weight excluding hydrogens is 346 g/mol. The first-order valence-electron chi connectivity index (χ1n) is 9.74. The molecule has 0 atom stereocenters. The Balaban J connectivity index is 1.29. The first-order valence-corrected chi connectivity index (χ1v) is 9.74. The van der Waals surface area contributed by atoms with Gasteiger partial charge in [0.05, 0.1) is 13.2 Å². The van der Waals surface area contributed by atoms with Gasteiger partial charge in [0.25, 0.3) is 0 Å². The van der Waals surface area contributed by atoms with Gasteiger partial charge < -0.3 is 20.3 Å². The Labute approximate surface area is 160 Å². The molecule has 2 fully saturated rings. The highest BCUT2D eigenvalue weighted by molar-refractivity contribution is 6.35. The summed E-state index contributed by atoms with van der Waals surface area (Å²) in [6.45, 7) is 6.82. The van der Waals surface area contributed by atoms with Crippen molar-refractivity contribution in [3.63, 3.8) is 0 Å². The summed E-state index contributed by atoms with van der Waals surface area (Å²) in [5, 5.41) is 5.47. The lowest BCUT2D eigenvalue weighted by Gasteiger charge is -2.32. The normalized spacial score (nSPS) is 18.9. The minimum atomic E-state index is -0.547. The lowest BCUT2D eigenvalue weighted by molar-refractivity contribution is -0.139. The van der Waals surface area contributed by atoms with Gasteiger partial charge in [-0.15, -0.1) is 0 Å². The second-order valence-electron chi connectivity index (χ2n) is 7.04. The third-order valence-corrected chi connectivity index (χ3v) is 5.16. The zero-order valence-electron chi connectivity index (χ0n) is 15.7. The van der Waals surface area contributed by atoms with E-state index in [1.807, 2.05) is 18.2 Å². The molecule has 0 bridgehead atoms. The maximum Gasteiger partial charge on any atom is 0.309 e. The van der Waals surface area contributed by atoms with E-state index in [0.29, 0.717) is 19.0 Å². The number of amides is 2. The van der Waals surface area contributed by atoms with Crippen LogP contribution in [0.4, 0.5) is 5.82 Å². The van der Waals surface area contributed by atoms with E-state index in [2.05, 4.69) is 25.4 Å². The number of hydrogen-bond acceptors (Lipinski definition) is 6. The summed E-state index contributed by atoms with van der Waals surface area (Å²) in [6, 6.07) is 5.92. The van der Waals surface area contributed by atoms with Gasteiger partial charge in [-0.25, -0.2) is 4.98 Å². The molecule has 0 unspecified atom stereocenters. The molecule has 2 aliphatic heterocycles.